The minimum Gasteiger partial charge on any atom is -0.329 e. The normalized spacial score (nSPS) is 12.7. The van der Waals surface area contributed by atoms with Crippen LogP contribution in [0.4, 0.5) is 13.2 Å². The Hall–Kier alpha value is -1.12. The molecule has 102 valence electrons. The third-order valence-corrected chi connectivity index (χ3v) is 3.55. The van der Waals surface area contributed by atoms with E-state index in [0.717, 1.165) is 24.3 Å². The van der Waals surface area contributed by atoms with E-state index in [1.54, 1.807) is 0 Å². The molecular formula is C10H13F3N2O2S. The van der Waals surface area contributed by atoms with Gasteiger partial charge in [-0.1, -0.05) is 12.1 Å². The molecule has 0 saturated carbocycles. The fourth-order valence-corrected chi connectivity index (χ4v) is 2.34. The van der Waals surface area contributed by atoms with Crippen LogP contribution in [0, 0.1) is 0 Å². The number of alkyl halides is 3. The summed E-state index contributed by atoms with van der Waals surface area (Å²) >= 11 is 0. The SMILES string of the molecule is NCCNS(=O)(=O)c1ccc(CC(F)(F)F)cc1. The zero-order valence-corrected chi connectivity index (χ0v) is 10.2. The third-order valence-electron chi connectivity index (χ3n) is 2.07. The largest absolute Gasteiger partial charge is 0.393 e. The van der Waals surface area contributed by atoms with Crippen LogP contribution in [-0.4, -0.2) is 27.7 Å². The van der Waals surface area contributed by atoms with Gasteiger partial charge in [-0.3, -0.25) is 0 Å². The molecule has 0 aliphatic rings. The molecule has 0 radical (unpaired) electrons. The molecule has 1 aromatic rings. The van der Waals surface area contributed by atoms with Gasteiger partial charge in [0.25, 0.3) is 0 Å². The van der Waals surface area contributed by atoms with E-state index in [4.69, 9.17) is 5.73 Å². The molecule has 8 heteroatoms. The van der Waals surface area contributed by atoms with Crippen molar-refractivity contribution >= 4 is 10.0 Å². The van der Waals surface area contributed by atoms with Crippen molar-refractivity contribution in [3.8, 4) is 0 Å². The molecule has 0 fully saturated rings. The van der Waals surface area contributed by atoms with E-state index >= 15 is 0 Å². The first-order chi connectivity index (χ1) is 8.24. The predicted octanol–water partition coefficient (Wildman–Crippen LogP) is 1.03. The highest BCUT2D eigenvalue weighted by Crippen LogP contribution is 2.22. The molecule has 0 aliphatic heterocycles. The van der Waals surface area contributed by atoms with Gasteiger partial charge < -0.3 is 5.73 Å². The van der Waals surface area contributed by atoms with Gasteiger partial charge in [-0.25, -0.2) is 13.1 Å². The van der Waals surface area contributed by atoms with E-state index in [1.807, 2.05) is 0 Å². The quantitative estimate of drug-likeness (QED) is 0.847. The lowest BCUT2D eigenvalue weighted by molar-refractivity contribution is -0.127. The Morgan fingerprint density at radius 3 is 2.17 bits per heavy atom. The van der Waals surface area contributed by atoms with Crippen molar-refractivity contribution in [2.45, 2.75) is 17.5 Å². The minimum absolute atomic E-state index is 0.0141. The lowest BCUT2D eigenvalue weighted by Crippen LogP contribution is -2.29. The van der Waals surface area contributed by atoms with Crippen molar-refractivity contribution < 1.29 is 21.6 Å². The number of rotatable bonds is 5. The highest BCUT2D eigenvalue weighted by atomic mass is 32.2. The topological polar surface area (TPSA) is 72.2 Å². The first kappa shape index (κ1) is 14.9. The van der Waals surface area contributed by atoms with Crippen LogP contribution in [0.5, 0.6) is 0 Å². The van der Waals surface area contributed by atoms with Crippen molar-refractivity contribution in [2.24, 2.45) is 5.73 Å². The fraction of sp³-hybridized carbons (Fsp3) is 0.400. The van der Waals surface area contributed by atoms with Crippen LogP contribution in [0.1, 0.15) is 5.56 Å². The Bertz CT molecular complexity index is 483. The van der Waals surface area contributed by atoms with Crippen LogP contribution in [-0.2, 0) is 16.4 Å². The van der Waals surface area contributed by atoms with Crippen LogP contribution in [0.15, 0.2) is 29.2 Å². The average Bonchev–Trinajstić information content (AvgIpc) is 2.25. The number of hydrogen-bond acceptors (Lipinski definition) is 3. The highest BCUT2D eigenvalue weighted by molar-refractivity contribution is 7.89. The summed E-state index contributed by atoms with van der Waals surface area (Å²) in [4.78, 5) is -0.0816. The second-order valence-electron chi connectivity index (χ2n) is 3.62. The molecule has 1 rings (SSSR count). The summed E-state index contributed by atoms with van der Waals surface area (Å²) in [7, 11) is -3.69. The second kappa shape index (κ2) is 5.68. The Morgan fingerprint density at radius 2 is 1.72 bits per heavy atom. The van der Waals surface area contributed by atoms with Crippen molar-refractivity contribution in [1.29, 1.82) is 0 Å². The Balaban J connectivity index is 2.83. The van der Waals surface area contributed by atoms with Crippen molar-refractivity contribution in [3.05, 3.63) is 29.8 Å². The Labute approximate surface area is 103 Å². The van der Waals surface area contributed by atoms with Crippen molar-refractivity contribution in [2.75, 3.05) is 13.1 Å². The van der Waals surface area contributed by atoms with E-state index in [0.29, 0.717) is 0 Å². The summed E-state index contributed by atoms with van der Waals surface area (Å²) in [5.74, 6) is 0. The lowest BCUT2D eigenvalue weighted by atomic mass is 10.1. The summed E-state index contributed by atoms with van der Waals surface area (Å²) < 4.78 is 61.7. The third kappa shape index (κ3) is 4.63. The number of benzene rings is 1. The molecule has 0 spiro atoms. The highest BCUT2D eigenvalue weighted by Gasteiger charge is 2.27. The summed E-state index contributed by atoms with van der Waals surface area (Å²) in [5.41, 5.74) is 5.17. The number of nitrogens with one attached hydrogen (secondary N) is 1. The maximum absolute atomic E-state index is 12.1. The lowest BCUT2D eigenvalue weighted by Gasteiger charge is -2.08. The maximum atomic E-state index is 12.1. The van der Waals surface area contributed by atoms with E-state index in [2.05, 4.69) is 4.72 Å². The molecule has 0 aliphatic carbocycles. The molecule has 0 amide bonds. The van der Waals surface area contributed by atoms with E-state index in [-0.39, 0.29) is 23.5 Å². The van der Waals surface area contributed by atoms with Gasteiger partial charge in [-0.05, 0) is 17.7 Å². The van der Waals surface area contributed by atoms with E-state index in [9.17, 15) is 21.6 Å². The van der Waals surface area contributed by atoms with Crippen LogP contribution in [0.3, 0.4) is 0 Å². The molecule has 0 saturated heterocycles. The van der Waals surface area contributed by atoms with Gasteiger partial charge in [0.05, 0.1) is 11.3 Å². The van der Waals surface area contributed by atoms with Crippen LogP contribution < -0.4 is 10.5 Å². The van der Waals surface area contributed by atoms with Crippen LogP contribution in [0.2, 0.25) is 0 Å². The van der Waals surface area contributed by atoms with Gasteiger partial charge in [-0.2, -0.15) is 13.2 Å². The van der Waals surface area contributed by atoms with Gasteiger partial charge in [0.1, 0.15) is 0 Å². The first-order valence-electron chi connectivity index (χ1n) is 5.10. The molecule has 0 unspecified atom stereocenters. The molecule has 1 aromatic carbocycles. The zero-order chi connectivity index (χ0) is 13.8. The number of halogens is 3. The summed E-state index contributed by atoms with van der Waals surface area (Å²) in [6.45, 7) is 0.220. The van der Waals surface area contributed by atoms with Crippen LogP contribution >= 0.6 is 0 Å². The Morgan fingerprint density at radius 1 is 1.17 bits per heavy atom. The zero-order valence-electron chi connectivity index (χ0n) is 9.37. The fourth-order valence-electron chi connectivity index (χ4n) is 1.29. The standard InChI is InChI=1S/C10H13F3N2O2S/c11-10(12,13)7-8-1-3-9(4-2-8)18(16,17)15-6-5-14/h1-4,15H,5-7,14H2. The van der Waals surface area contributed by atoms with Crippen LogP contribution in [0.25, 0.3) is 0 Å². The van der Waals surface area contributed by atoms with E-state index in [1.165, 1.54) is 0 Å². The van der Waals surface area contributed by atoms with Crippen molar-refractivity contribution in [3.63, 3.8) is 0 Å². The second-order valence-corrected chi connectivity index (χ2v) is 5.39. The van der Waals surface area contributed by atoms with E-state index < -0.39 is 22.6 Å². The average molecular weight is 282 g/mol. The molecule has 18 heavy (non-hydrogen) atoms. The molecule has 0 bridgehead atoms. The molecule has 3 N–H and O–H groups in total. The summed E-state index contributed by atoms with van der Waals surface area (Å²) in [6, 6.07) is 4.56. The molecule has 0 atom stereocenters. The molecule has 4 nitrogen and oxygen atoms in total. The minimum atomic E-state index is -4.31. The predicted molar refractivity (Wildman–Crippen MR) is 60.4 cm³/mol. The van der Waals surface area contributed by atoms with Gasteiger partial charge in [0.15, 0.2) is 0 Å². The monoisotopic (exact) mass is 282 g/mol. The van der Waals surface area contributed by atoms with Gasteiger partial charge in [0, 0.05) is 13.1 Å². The Kier molecular flexibility index (Phi) is 4.71. The van der Waals surface area contributed by atoms with Gasteiger partial charge >= 0.3 is 6.18 Å². The number of hydrogen-bond donors (Lipinski definition) is 2. The molecular weight excluding hydrogens is 269 g/mol. The summed E-state index contributed by atoms with van der Waals surface area (Å²) in [5, 5.41) is 0. The number of nitrogens with two attached hydrogens (primary N) is 1. The smallest absolute Gasteiger partial charge is 0.329 e. The van der Waals surface area contributed by atoms with Gasteiger partial charge in [-0.15, -0.1) is 0 Å². The number of sulfonamides is 1. The molecule has 0 aromatic heterocycles. The molecule has 0 heterocycles. The van der Waals surface area contributed by atoms with Crippen molar-refractivity contribution in [1.82, 2.24) is 4.72 Å². The summed E-state index contributed by atoms with van der Waals surface area (Å²) in [6.07, 6.45) is -5.39. The van der Waals surface area contributed by atoms with Gasteiger partial charge in [0.2, 0.25) is 10.0 Å². The maximum Gasteiger partial charge on any atom is 0.393 e. The first-order valence-corrected chi connectivity index (χ1v) is 6.58.